The first-order valence-electron chi connectivity index (χ1n) is 12.0. The van der Waals surface area contributed by atoms with E-state index in [0.29, 0.717) is 12.0 Å². The number of ether oxygens (including phenoxy) is 2. The second kappa shape index (κ2) is 12.5. The summed E-state index contributed by atoms with van der Waals surface area (Å²) in [5.74, 6) is -1.36. The monoisotopic (exact) mass is 474 g/mol. The van der Waals surface area contributed by atoms with Crippen LogP contribution in [0.4, 0.5) is 0 Å². The molecule has 0 bridgehead atoms. The molecule has 2 amide bonds. The Kier molecular flexibility index (Phi) is 10.1. The highest BCUT2D eigenvalue weighted by molar-refractivity contribution is 5.92. The number of carbonyl (C=O) groups is 4. The van der Waals surface area contributed by atoms with Crippen LogP contribution in [-0.4, -0.2) is 65.4 Å². The van der Waals surface area contributed by atoms with Crippen molar-refractivity contribution in [1.29, 1.82) is 0 Å². The Morgan fingerprint density at radius 2 is 1.68 bits per heavy atom. The van der Waals surface area contributed by atoms with Gasteiger partial charge in [-0.2, -0.15) is 0 Å². The Hall–Kier alpha value is -2.90. The molecule has 1 heterocycles. The summed E-state index contributed by atoms with van der Waals surface area (Å²) in [5, 5.41) is 0. The van der Waals surface area contributed by atoms with Gasteiger partial charge < -0.3 is 19.3 Å². The number of benzene rings is 1. The van der Waals surface area contributed by atoms with Crippen molar-refractivity contribution in [2.75, 3.05) is 20.2 Å². The van der Waals surface area contributed by atoms with Gasteiger partial charge in [0.15, 0.2) is 0 Å². The molecule has 8 heteroatoms. The number of unbranched alkanes of at least 4 members (excludes halogenated alkanes) is 4. The summed E-state index contributed by atoms with van der Waals surface area (Å²) in [6.45, 7) is 7.73. The van der Waals surface area contributed by atoms with Gasteiger partial charge in [0.25, 0.3) is 0 Å². The Morgan fingerprint density at radius 3 is 2.26 bits per heavy atom. The van der Waals surface area contributed by atoms with Gasteiger partial charge in [-0.15, -0.1) is 0 Å². The molecule has 8 nitrogen and oxygen atoms in total. The minimum atomic E-state index is -0.827. The molecule has 1 aromatic carbocycles. The van der Waals surface area contributed by atoms with Gasteiger partial charge in [-0.05, 0) is 44.9 Å². The first-order chi connectivity index (χ1) is 16.1. The number of carbonyl (C=O) groups excluding carboxylic acids is 4. The fourth-order valence-electron chi connectivity index (χ4n) is 3.84. The third-order valence-electron chi connectivity index (χ3n) is 5.68. The molecule has 0 N–H and O–H groups in total. The summed E-state index contributed by atoms with van der Waals surface area (Å²) in [7, 11) is 1.28. The van der Waals surface area contributed by atoms with E-state index in [1.165, 1.54) is 12.0 Å². The summed E-state index contributed by atoms with van der Waals surface area (Å²) >= 11 is 0. The van der Waals surface area contributed by atoms with Crippen molar-refractivity contribution in [3.05, 3.63) is 35.4 Å². The Balaban J connectivity index is 2.02. The highest BCUT2D eigenvalue weighted by Gasteiger charge is 2.39. The van der Waals surface area contributed by atoms with E-state index in [0.717, 1.165) is 37.7 Å². The summed E-state index contributed by atoms with van der Waals surface area (Å²) in [6, 6.07) is 6.00. The van der Waals surface area contributed by atoms with Crippen LogP contribution in [0.2, 0.25) is 0 Å². The van der Waals surface area contributed by atoms with Crippen LogP contribution in [0.5, 0.6) is 0 Å². The van der Waals surface area contributed by atoms with Crippen LogP contribution in [0.25, 0.3) is 0 Å². The second-order valence-corrected chi connectivity index (χ2v) is 9.70. The molecule has 1 saturated heterocycles. The van der Waals surface area contributed by atoms with E-state index < -0.39 is 23.6 Å². The number of methoxy groups -OCH3 is 1. The number of rotatable bonds is 10. The van der Waals surface area contributed by atoms with Gasteiger partial charge in [-0.1, -0.05) is 44.7 Å². The average Bonchev–Trinajstić information content (AvgIpc) is 2.78. The standard InChI is InChI=1S/C26H38N2O6/c1-6-7-8-9-10-11-22(29)28-18-23(30)27(17-21(28)25(32)33-5)16-19-12-14-20(15-13-19)24(31)34-26(2,3)4/h12-15,21H,6-11,16-18H2,1-5H3. The largest absolute Gasteiger partial charge is 0.467 e. The molecule has 1 atom stereocenters. The molecule has 1 unspecified atom stereocenters. The second-order valence-electron chi connectivity index (χ2n) is 9.70. The number of esters is 2. The summed E-state index contributed by atoms with van der Waals surface area (Å²) in [5.41, 5.74) is 0.643. The fourth-order valence-corrected chi connectivity index (χ4v) is 3.84. The van der Waals surface area contributed by atoms with Crippen molar-refractivity contribution in [2.24, 2.45) is 0 Å². The number of piperazine rings is 1. The predicted octanol–water partition coefficient (Wildman–Crippen LogP) is 3.71. The Bertz CT molecular complexity index is 859. The lowest BCUT2D eigenvalue weighted by Gasteiger charge is -2.39. The van der Waals surface area contributed by atoms with Gasteiger partial charge in [0, 0.05) is 13.0 Å². The molecule has 34 heavy (non-hydrogen) atoms. The average molecular weight is 475 g/mol. The summed E-state index contributed by atoms with van der Waals surface area (Å²) in [4.78, 5) is 53.2. The molecule has 0 saturated carbocycles. The molecular formula is C26H38N2O6. The van der Waals surface area contributed by atoms with Gasteiger partial charge in [-0.25, -0.2) is 9.59 Å². The molecule has 0 aromatic heterocycles. The van der Waals surface area contributed by atoms with E-state index in [1.807, 2.05) is 0 Å². The molecule has 2 rings (SSSR count). The maximum absolute atomic E-state index is 12.8. The molecule has 0 spiro atoms. The highest BCUT2D eigenvalue weighted by Crippen LogP contribution is 2.19. The topological polar surface area (TPSA) is 93.2 Å². The molecule has 188 valence electrons. The molecule has 0 aliphatic carbocycles. The van der Waals surface area contributed by atoms with Gasteiger partial charge in [0.1, 0.15) is 18.2 Å². The van der Waals surface area contributed by atoms with Crippen LogP contribution < -0.4 is 0 Å². The van der Waals surface area contributed by atoms with Crippen molar-refractivity contribution in [1.82, 2.24) is 9.80 Å². The predicted molar refractivity (Wildman–Crippen MR) is 128 cm³/mol. The van der Waals surface area contributed by atoms with Crippen molar-refractivity contribution in [2.45, 2.75) is 84.4 Å². The quantitative estimate of drug-likeness (QED) is 0.379. The molecular weight excluding hydrogens is 436 g/mol. The lowest BCUT2D eigenvalue weighted by Crippen LogP contribution is -2.60. The van der Waals surface area contributed by atoms with E-state index in [1.54, 1.807) is 49.9 Å². The van der Waals surface area contributed by atoms with Crippen molar-refractivity contribution < 1.29 is 28.7 Å². The summed E-state index contributed by atoms with van der Waals surface area (Å²) < 4.78 is 10.3. The minimum Gasteiger partial charge on any atom is -0.467 e. The molecule has 1 aliphatic heterocycles. The van der Waals surface area contributed by atoms with Crippen LogP contribution in [-0.2, 0) is 30.4 Å². The third kappa shape index (κ3) is 8.15. The number of amides is 2. The normalized spacial score (nSPS) is 16.4. The molecule has 0 radical (unpaired) electrons. The SMILES string of the molecule is CCCCCCCC(=O)N1CC(=O)N(Cc2ccc(C(=O)OC(C)(C)C)cc2)CC1C(=O)OC. The molecule has 1 aliphatic rings. The highest BCUT2D eigenvalue weighted by atomic mass is 16.6. The van der Waals surface area contributed by atoms with Crippen LogP contribution >= 0.6 is 0 Å². The van der Waals surface area contributed by atoms with E-state index in [2.05, 4.69) is 6.92 Å². The van der Waals surface area contributed by atoms with Crippen LogP contribution in [0.3, 0.4) is 0 Å². The van der Waals surface area contributed by atoms with Gasteiger partial charge in [0.2, 0.25) is 11.8 Å². The lowest BCUT2D eigenvalue weighted by atomic mass is 10.1. The van der Waals surface area contributed by atoms with Gasteiger partial charge in [-0.3, -0.25) is 9.59 Å². The van der Waals surface area contributed by atoms with Crippen molar-refractivity contribution in [3.63, 3.8) is 0 Å². The lowest BCUT2D eigenvalue weighted by molar-refractivity contribution is -0.161. The van der Waals surface area contributed by atoms with Gasteiger partial charge in [0.05, 0.1) is 19.2 Å². The smallest absolute Gasteiger partial charge is 0.338 e. The maximum Gasteiger partial charge on any atom is 0.338 e. The first-order valence-corrected chi connectivity index (χ1v) is 12.0. The first kappa shape index (κ1) is 27.3. The van der Waals surface area contributed by atoms with E-state index in [-0.39, 0.29) is 31.4 Å². The maximum atomic E-state index is 12.8. The molecule has 1 aromatic rings. The minimum absolute atomic E-state index is 0.0703. The van der Waals surface area contributed by atoms with Gasteiger partial charge >= 0.3 is 11.9 Å². The third-order valence-corrected chi connectivity index (χ3v) is 5.68. The van der Waals surface area contributed by atoms with Crippen LogP contribution in [0.1, 0.15) is 82.1 Å². The molecule has 1 fully saturated rings. The van der Waals surface area contributed by atoms with E-state index in [4.69, 9.17) is 9.47 Å². The number of nitrogens with zero attached hydrogens (tertiary/aromatic N) is 2. The van der Waals surface area contributed by atoms with E-state index in [9.17, 15) is 19.2 Å². The zero-order valence-electron chi connectivity index (χ0n) is 21.1. The zero-order chi connectivity index (χ0) is 25.3. The Morgan fingerprint density at radius 1 is 1.03 bits per heavy atom. The van der Waals surface area contributed by atoms with Crippen LogP contribution in [0.15, 0.2) is 24.3 Å². The van der Waals surface area contributed by atoms with Crippen molar-refractivity contribution >= 4 is 23.8 Å². The zero-order valence-corrected chi connectivity index (χ0v) is 21.1. The number of hydrogen-bond donors (Lipinski definition) is 0. The van der Waals surface area contributed by atoms with E-state index >= 15 is 0 Å². The van der Waals surface area contributed by atoms with Crippen LogP contribution in [0, 0.1) is 0 Å². The van der Waals surface area contributed by atoms with Crippen molar-refractivity contribution in [3.8, 4) is 0 Å². The fraction of sp³-hybridized carbons (Fsp3) is 0.615. The number of hydrogen-bond acceptors (Lipinski definition) is 6. The Labute approximate surface area is 202 Å². The summed E-state index contributed by atoms with van der Waals surface area (Å²) in [6.07, 6.45) is 5.34.